The molecule has 8 heteroatoms. The molecule has 7 nitrogen and oxygen atoms in total. The fourth-order valence-electron chi connectivity index (χ4n) is 2.16. The van der Waals surface area contributed by atoms with Gasteiger partial charge in [-0.3, -0.25) is 4.79 Å². The Labute approximate surface area is 147 Å². The molecule has 2 rings (SSSR count). The fraction of sp³-hybridized carbons (Fsp3) is 0.294. The van der Waals surface area contributed by atoms with Gasteiger partial charge in [-0.25, -0.2) is 18.5 Å². The summed E-state index contributed by atoms with van der Waals surface area (Å²) >= 11 is 0. The number of carbonyl (C=O) groups is 1. The minimum Gasteiger partial charge on any atom is -0.384 e. The summed E-state index contributed by atoms with van der Waals surface area (Å²) in [6.07, 6.45) is 3.23. The third kappa shape index (κ3) is 5.84. The number of benzene rings is 1. The number of hydrogen-bond acceptors (Lipinski definition) is 5. The van der Waals surface area contributed by atoms with Crippen LogP contribution in [0.2, 0.25) is 0 Å². The first kappa shape index (κ1) is 18.9. The van der Waals surface area contributed by atoms with Crippen LogP contribution in [0, 0.1) is 0 Å². The van der Waals surface area contributed by atoms with Crippen LogP contribution in [0.5, 0.6) is 0 Å². The smallest absolute Gasteiger partial charge is 0.269 e. The van der Waals surface area contributed by atoms with E-state index >= 15 is 0 Å². The molecule has 0 aliphatic heterocycles. The first-order valence-electron chi connectivity index (χ1n) is 8.00. The lowest BCUT2D eigenvalue weighted by Crippen LogP contribution is -2.26. The van der Waals surface area contributed by atoms with Crippen molar-refractivity contribution >= 4 is 21.6 Å². The van der Waals surface area contributed by atoms with Crippen LogP contribution in [0.25, 0.3) is 0 Å². The molecule has 0 spiro atoms. The second kappa shape index (κ2) is 8.59. The summed E-state index contributed by atoms with van der Waals surface area (Å²) in [6.45, 7) is 3.35. The van der Waals surface area contributed by atoms with Gasteiger partial charge >= 0.3 is 0 Å². The molecule has 25 heavy (non-hydrogen) atoms. The van der Waals surface area contributed by atoms with Crippen LogP contribution in [-0.2, 0) is 16.4 Å². The van der Waals surface area contributed by atoms with Crippen LogP contribution in [0.15, 0.2) is 47.5 Å². The van der Waals surface area contributed by atoms with Crippen LogP contribution in [0.4, 0.5) is 5.69 Å². The Balaban J connectivity index is 1.83. The van der Waals surface area contributed by atoms with Crippen LogP contribution in [-0.4, -0.2) is 32.4 Å². The van der Waals surface area contributed by atoms with Crippen LogP contribution >= 0.6 is 0 Å². The lowest BCUT2D eigenvalue weighted by Gasteiger charge is -2.07. The Bertz CT molecular complexity index is 803. The van der Waals surface area contributed by atoms with Gasteiger partial charge in [0.15, 0.2) is 0 Å². The molecule has 1 aromatic heterocycles. The molecular formula is C17H22N4O3S. The van der Waals surface area contributed by atoms with Crippen molar-refractivity contribution in [1.82, 2.24) is 10.3 Å². The average Bonchev–Trinajstić information content (AvgIpc) is 2.60. The van der Waals surface area contributed by atoms with Crippen molar-refractivity contribution in [3.8, 4) is 0 Å². The molecule has 4 N–H and O–H groups in total. The third-order valence-electron chi connectivity index (χ3n) is 3.53. The van der Waals surface area contributed by atoms with E-state index in [0.717, 1.165) is 24.2 Å². The molecule has 2 aromatic rings. The van der Waals surface area contributed by atoms with E-state index in [9.17, 15) is 13.2 Å². The number of hydrogen-bond donors (Lipinski definition) is 3. The summed E-state index contributed by atoms with van der Waals surface area (Å²) in [5.41, 5.74) is 2.14. The number of amides is 1. The number of nitrogens with one attached hydrogen (secondary N) is 2. The highest BCUT2D eigenvalue weighted by Crippen LogP contribution is 2.09. The van der Waals surface area contributed by atoms with Gasteiger partial charge in [-0.05, 0) is 42.7 Å². The first-order chi connectivity index (χ1) is 11.9. The second-order valence-corrected chi connectivity index (χ2v) is 7.12. The first-order valence-corrected chi connectivity index (χ1v) is 9.54. The maximum atomic E-state index is 12.1. The number of aromatic nitrogens is 1. The number of nitrogens with two attached hydrogens (primary N) is 1. The van der Waals surface area contributed by atoms with Gasteiger partial charge in [0.1, 0.15) is 5.69 Å². The highest BCUT2D eigenvalue weighted by atomic mass is 32.2. The predicted molar refractivity (Wildman–Crippen MR) is 96.9 cm³/mol. The quantitative estimate of drug-likeness (QED) is 0.659. The van der Waals surface area contributed by atoms with Gasteiger partial charge < -0.3 is 10.6 Å². The number of pyridine rings is 1. The molecule has 0 saturated heterocycles. The Morgan fingerprint density at radius 1 is 1.12 bits per heavy atom. The van der Waals surface area contributed by atoms with Gasteiger partial charge in [0.05, 0.1) is 16.8 Å². The van der Waals surface area contributed by atoms with Gasteiger partial charge in [0.25, 0.3) is 5.91 Å². The summed E-state index contributed by atoms with van der Waals surface area (Å²) in [4.78, 5) is 16.3. The van der Waals surface area contributed by atoms with E-state index in [4.69, 9.17) is 5.14 Å². The number of carbonyl (C=O) groups excluding carboxylic acids is 1. The fourth-order valence-corrected chi connectivity index (χ4v) is 2.67. The summed E-state index contributed by atoms with van der Waals surface area (Å²) in [5, 5.41) is 11.0. The van der Waals surface area contributed by atoms with Gasteiger partial charge in [0.2, 0.25) is 10.0 Å². The molecule has 134 valence electrons. The lowest BCUT2D eigenvalue weighted by molar-refractivity contribution is 0.0949. The zero-order valence-corrected chi connectivity index (χ0v) is 14.8. The molecule has 0 fully saturated rings. The molecule has 0 radical (unpaired) electrons. The van der Waals surface area contributed by atoms with E-state index in [1.807, 2.05) is 6.07 Å². The minimum atomic E-state index is -3.68. The third-order valence-corrected chi connectivity index (χ3v) is 4.46. The summed E-state index contributed by atoms with van der Waals surface area (Å²) < 4.78 is 22.4. The molecule has 0 aliphatic carbocycles. The minimum absolute atomic E-state index is 0.0706. The zero-order chi connectivity index (χ0) is 18.3. The standard InChI is InChI=1S/C17H22N4O3S/c1-2-10-19-14-5-8-16(21-12-14)17(22)20-11-9-13-3-6-15(7-4-13)25(18,23)24/h3-8,12,19H,2,9-11H2,1H3,(H,20,22)(H2,18,23,24). The molecule has 0 saturated carbocycles. The highest BCUT2D eigenvalue weighted by Gasteiger charge is 2.08. The lowest BCUT2D eigenvalue weighted by atomic mass is 10.1. The largest absolute Gasteiger partial charge is 0.384 e. The van der Waals surface area contributed by atoms with Gasteiger partial charge in [-0.1, -0.05) is 19.1 Å². The van der Waals surface area contributed by atoms with E-state index in [2.05, 4.69) is 22.5 Å². The molecule has 0 aliphatic rings. The van der Waals surface area contributed by atoms with Crippen molar-refractivity contribution < 1.29 is 13.2 Å². The van der Waals surface area contributed by atoms with Gasteiger partial charge in [0, 0.05) is 13.1 Å². The maximum absolute atomic E-state index is 12.1. The zero-order valence-electron chi connectivity index (χ0n) is 14.0. The number of nitrogens with zero attached hydrogens (tertiary/aromatic N) is 1. The monoisotopic (exact) mass is 362 g/mol. The molecule has 0 unspecified atom stereocenters. The molecule has 0 atom stereocenters. The molecule has 0 bridgehead atoms. The maximum Gasteiger partial charge on any atom is 0.269 e. The van der Waals surface area contributed by atoms with E-state index in [-0.39, 0.29) is 10.8 Å². The Morgan fingerprint density at radius 2 is 1.84 bits per heavy atom. The number of rotatable bonds is 8. The molecule has 1 aromatic carbocycles. The van der Waals surface area contributed by atoms with Crippen molar-refractivity contribution in [3.63, 3.8) is 0 Å². The van der Waals surface area contributed by atoms with Crippen molar-refractivity contribution in [2.45, 2.75) is 24.7 Å². The topological polar surface area (TPSA) is 114 Å². The predicted octanol–water partition coefficient (Wildman–Crippen LogP) is 1.52. The average molecular weight is 362 g/mol. The Morgan fingerprint density at radius 3 is 2.40 bits per heavy atom. The summed E-state index contributed by atoms with van der Waals surface area (Å²) in [7, 11) is -3.68. The van der Waals surface area contributed by atoms with Crippen molar-refractivity contribution in [3.05, 3.63) is 53.9 Å². The Kier molecular flexibility index (Phi) is 6.49. The number of sulfonamides is 1. The van der Waals surface area contributed by atoms with E-state index < -0.39 is 10.0 Å². The number of anilines is 1. The van der Waals surface area contributed by atoms with Gasteiger partial charge in [-0.2, -0.15) is 0 Å². The Hall–Kier alpha value is -2.45. The van der Waals surface area contributed by atoms with Crippen LogP contribution < -0.4 is 15.8 Å². The summed E-state index contributed by atoms with van der Waals surface area (Å²) in [6, 6.07) is 9.76. The summed E-state index contributed by atoms with van der Waals surface area (Å²) in [5.74, 6) is -0.247. The van der Waals surface area contributed by atoms with Crippen LogP contribution in [0.1, 0.15) is 29.4 Å². The van der Waals surface area contributed by atoms with Crippen molar-refractivity contribution in [2.24, 2.45) is 5.14 Å². The van der Waals surface area contributed by atoms with E-state index in [1.54, 1.807) is 24.4 Å². The second-order valence-electron chi connectivity index (χ2n) is 5.55. The van der Waals surface area contributed by atoms with Gasteiger partial charge in [-0.15, -0.1) is 0 Å². The van der Waals surface area contributed by atoms with E-state index in [0.29, 0.717) is 18.7 Å². The van der Waals surface area contributed by atoms with E-state index in [1.165, 1.54) is 12.1 Å². The highest BCUT2D eigenvalue weighted by molar-refractivity contribution is 7.89. The van der Waals surface area contributed by atoms with Crippen molar-refractivity contribution in [1.29, 1.82) is 0 Å². The van der Waals surface area contributed by atoms with Crippen LogP contribution in [0.3, 0.4) is 0 Å². The molecule has 1 heterocycles. The SMILES string of the molecule is CCCNc1ccc(C(=O)NCCc2ccc(S(N)(=O)=O)cc2)nc1. The molecule has 1 amide bonds. The molecular weight excluding hydrogens is 340 g/mol. The number of primary sulfonamides is 1. The van der Waals surface area contributed by atoms with Crippen molar-refractivity contribution in [2.75, 3.05) is 18.4 Å². The normalized spacial score (nSPS) is 11.1.